The average molecular weight is 404 g/mol. The number of hydrogen-bond acceptors (Lipinski definition) is 5. The number of hydrogen-bond donors (Lipinski definition) is 1. The zero-order valence-corrected chi connectivity index (χ0v) is 17.1. The molecule has 6 heteroatoms. The van der Waals surface area contributed by atoms with Crippen LogP contribution in [0.4, 0.5) is 0 Å². The predicted octanol–water partition coefficient (Wildman–Crippen LogP) is 5.43. The third kappa shape index (κ3) is 3.59. The molecule has 4 rings (SSSR count). The zero-order chi connectivity index (χ0) is 19.7. The van der Waals surface area contributed by atoms with E-state index in [1.54, 1.807) is 6.07 Å². The Bertz CT molecular complexity index is 1280. The third-order valence-corrected chi connectivity index (χ3v) is 6.49. The molecule has 0 aliphatic carbocycles. The van der Waals surface area contributed by atoms with Gasteiger partial charge in [0, 0.05) is 16.7 Å². The molecule has 0 aliphatic rings. The third-order valence-electron chi connectivity index (χ3n) is 4.67. The minimum absolute atomic E-state index is 0.118. The first-order chi connectivity index (χ1) is 13.5. The Labute approximate surface area is 170 Å². The van der Waals surface area contributed by atoms with Crippen LogP contribution in [0, 0.1) is 25.2 Å². The van der Waals surface area contributed by atoms with Gasteiger partial charge in [0.15, 0.2) is 5.16 Å². The number of nitrogens with one attached hydrogen (secondary N) is 1. The summed E-state index contributed by atoms with van der Waals surface area (Å²) in [6.07, 6.45) is 0. The topological polar surface area (TPSA) is 69.5 Å². The van der Waals surface area contributed by atoms with Crippen LogP contribution >= 0.6 is 23.1 Å². The van der Waals surface area contributed by atoms with Crippen molar-refractivity contribution in [3.63, 3.8) is 0 Å². The SMILES string of the molecule is Cc1ccc(-c2csc3nc(SCc4cccc(C#N)c4)[nH]c(=O)c23)cc1C. The van der Waals surface area contributed by atoms with E-state index in [0.717, 1.165) is 21.5 Å². The van der Waals surface area contributed by atoms with Gasteiger partial charge in [0.25, 0.3) is 5.56 Å². The molecule has 0 unspecified atom stereocenters. The van der Waals surface area contributed by atoms with Gasteiger partial charge in [0.1, 0.15) is 4.83 Å². The molecule has 28 heavy (non-hydrogen) atoms. The van der Waals surface area contributed by atoms with Crippen LogP contribution in [0.2, 0.25) is 0 Å². The molecule has 2 aromatic heterocycles. The van der Waals surface area contributed by atoms with Gasteiger partial charge >= 0.3 is 0 Å². The highest BCUT2D eigenvalue weighted by Gasteiger charge is 2.14. The predicted molar refractivity (Wildman–Crippen MR) is 116 cm³/mol. The summed E-state index contributed by atoms with van der Waals surface area (Å²) in [6, 6.07) is 15.8. The lowest BCUT2D eigenvalue weighted by molar-refractivity contribution is 0.980. The van der Waals surface area contributed by atoms with E-state index in [2.05, 4.69) is 42.0 Å². The number of nitriles is 1. The van der Waals surface area contributed by atoms with Gasteiger partial charge in [-0.15, -0.1) is 11.3 Å². The average Bonchev–Trinajstić information content (AvgIpc) is 3.13. The highest BCUT2D eigenvalue weighted by atomic mass is 32.2. The molecule has 0 atom stereocenters. The van der Waals surface area contributed by atoms with Crippen molar-refractivity contribution in [1.29, 1.82) is 5.26 Å². The summed E-state index contributed by atoms with van der Waals surface area (Å²) in [5.41, 5.74) is 5.93. The monoisotopic (exact) mass is 403 g/mol. The standard InChI is InChI=1S/C22H17N3OS2/c1-13-6-7-17(8-14(13)2)18-12-27-21-19(18)20(26)24-22(25-21)28-11-16-5-3-4-15(9-16)10-23/h3-9,12H,11H2,1-2H3,(H,24,25,26). The number of nitrogens with zero attached hydrogens (tertiary/aromatic N) is 2. The molecule has 0 saturated heterocycles. The van der Waals surface area contributed by atoms with Gasteiger partial charge in [-0.3, -0.25) is 4.79 Å². The second kappa shape index (κ2) is 7.63. The fourth-order valence-electron chi connectivity index (χ4n) is 3.00. The van der Waals surface area contributed by atoms with E-state index in [1.807, 2.05) is 29.6 Å². The van der Waals surface area contributed by atoms with Gasteiger partial charge in [0.2, 0.25) is 0 Å². The quantitative estimate of drug-likeness (QED) is 0.364. The smallest absolute Gasteiger partial charge is 0.260 e. The summed E-state index contributed by atoms with van der Waals surface area (Å²) in [5, 5.41) is 12.3. The van der Waals surface area contributed by atoms with E-state index < -0.39 is 0 Å². The maximum absolute atomic E-state index is 12.8. The molecule has 0 fully saturated rings. The maximum atomic E-state index is 12.8. The Morgan fingerprint density at radius 2 is 2.04 bits per heavy atom. The Hall–Kier alpha value is -2.88. The van der Waals surface area contributed by atoms with Gasteiger partial charge in [-0.05, 0) is 48.2 Å². The molecule has 0 bridgehead atoms. The van der Waals surface area contributed by atoms with Gasteiger partial charge < -0.3 is 4.98 Å². The number of aromatic amines is 1. The molecule has 4 nitrogen and oxygen atoms in total. The van der Waals surface area contributed by atoms with E-state index in [-0.39, 0.29) is 5.56 Å². The number of H-pyrrole nitrogens is 1. The van der Waals surface area contributed by atoms with E-state index in [1.165, 1.54) is 34.2 Å². The summed E-state index contributed by atoms with van der Waals surface area (Å²) in [7, 11) is 0. The lowest BCUT2D eigenvalue weighted by Crippen LogP contribution is -2.08. The van der Waals surface area contributed by atoms with Crippen molar-refractivity contribution in [3.05, 3.63) is 80.5 Å². The van der Waals surface area contributed by atoms with Crippen molar-refractivity contribution in [2.24, 2.45) is 0 Å². The first-order valence-corrected chi connectivity index (χ1v) is 10.6. The first kappa shape index (κ1) is 18.5. The molecular weight excluding hydrogens is 386 g/mol. The van der Waals surface area contributed by atoms with E-state index in [4.69, 9.17) is 5.26 Å². The highest BCUT2D eigenvalue weighted by molar-refractivity contribution is 7.98. The lowest BCUT2D eigenvalue weighted by Gasteiger charge is -2.05. The van der Waals surface area contributed by atoms with Crippen molar-refractivity contribution in [2.45, 2.75) is 24.8 Å². The zero-order valence-electron chi connectivity index (χ0n) is 15.4. The second-order valence-corrected chi connectivity index (χ2v) is 8.42. The van der Waals surface area contributed by atoms with Crippen LogP contribution in [0.5, 0.6) is 0 Å². The van der Waals surface area contributed by atoms with E-state index >= 15 is 0 Å². The Balaban J connectivity index is 1.65. The number of benzene rings is 2. The Morgan fingerprint density at radius 3 is 2.82 bits per heavy atom. The maximum Gasteiger partial charge on any atom is 0.260 e. The second-order valence-electron chi connectivity index (χ2n) is 6.60. The molecule has 1 N–H and O–H groups in total. The Morgan fingerprint density at radius 1 is 1.18 bits per heavy atom. The van der Waals surface area contributed by atoms with Crippen LogP contribution in [-0.2, 0) is 5.75 Å². The minimum Gasteiger partial charge on any atom is -0.301 e. The van der Waals surface area contributed by atoms with Crippen LogP contribution in [0.25, 0.3) is 21.3 Å². The molecule has 2 heterocycles. The van der Waals surface area contributed by atoms with Crippen molar-refractivity contribution < 1.29 is 0 Å². The van der Waals surface area contributed by atoms with Crippen molar-refractivity contribution in [1.82, 2.24) is 9.97 Å². The molecule has 138 valence electrons. The number of thioether (sulfide) groups is 1. The van der Waals surface area contributed by atoms with Gasteiger partial charge in [-0.1, -0.05) is 42.1 Å². The van der Waals surface area contributed by atoms with Crippen molar-refractivity contribution >= 4 is 33.3 Å². The number of aromatic nitrogens is 2. The van der Waals surface area contributed by atoms with Crippen LogP contribution < -0.4 is 5.56 Å². The minimum atomic E-state index is -0.118. The number of thiophene rings is 1. The van der Waals surface area contributed by atoms with E-state index in [0.29, 0.717) is 21.9 Å². The van der Waals surface area contributed by atoms with Crippen LogP contribution in [0.15, 0.2) is 57.8 Å². The molecule has 0 saturated carbocycles. The van der Waals surface area contributed by atoms with Crippen molar-refractivity contribution in [2.75, 3.05) is 0 Å². The highest BCUT2D eigenvalue weighted by Crippen LogP contribution is 2.32. The summed E-state index contributed by atoms with van der Waals surface area (Å²) in [4.78, 5) is 21.1. The fraction of sp³-hybridized carbons (Fsp3) is 0.136. The summed E-state index contributed by atoms with van der Waals surface area (Å²) in [6.45, 7) is 4.15. The molecular formula is C22H17N3OS2. The van der Waals surface area contributed by atoms with Gasteiger partial charge in [-0.2, -0.15) is 5.26 Å². The first-order valence-electron chi connectivity index (χ1n) is 8.76. The normalized spacial score (nSPS) is 10.9. The molecule has 0 spiro atoms. The van der Waals surface area contributed by atoms with Crippen LogP contribution in [0.1, 0.15) is 22.3 Å². The number of fused-ring (bicyclic) bond motifs is 1. The van der Waals surface area contributed by atoms with Gasteiger partial charge in [0.05, 0.1) is 17.0 Å². The summed E-state index contributed by atoms with van der Waals surface area (Å²) < 4.78 is 0. The van der Waals surface area contributed by atoms with Crippen LogP contribution in [-0.4, -0.2) is 9.97 Å². The fourth-order valence-corrected chi connectivity index (χ4v) is 4.81. The van der Waals surface area contributed by atoms with E-state index in [9.17, 15) is 4.79 Å². The molecule has 0 amide bonds. The molecule has 0 aliphatic heterocycles. The summed E-state index contributed by atoms with van der Waals surface area (Å²) >= 11 is 2.95. The molecule has 0 radical (unpaired) electrons. The van der Waals surface area contributed by atoms with Crippen molar-refractivity contribution in [3.8, 4) is 17.2 Å². The Kier molecular flexibility index (Phi) is 5.03. The molecule has 4 aromatic rings. The van der Waals surface area contributed by atoms with Gasteiger partial charge in [-0.25, -0.2) is 4.98 Å². The number of rotatable bonds is 4. The summed E-state index contributed by atoms with van der Waals surface area (Å²) in [5.74, 6) is 0.638. The lowest BCUT2D eigenvalue weighted by atomic mass is 10.0. The van der Waals surface area contributed by atoms with Crippen LogP contribution in [0.3, 0.4) is 0 Å². The molecule has 2 aromatic carbocycles. The number of aryl methyl sites for hydroxylation is 2. The largest absolute Gasteiger partial charge is 0.301 e.